The predicted octanol–water partition coefficient (Wildman–Crippen LogP) is 1.32. The number of hydrogen-bond donors (Lipinski definition) is 2. The van der Waals surface area contributed by atoms with E-state index in [1.807, 2.05) is 12.1 Å². The zero-order valence-corrected chi connectivity index (χ0v) is 11.7. The summed E-state index contributed by atoms with van der Waals surface area (Å²) in [6, 6.07) is 5.47. The molecule has 1 aromatic carbocycles. The largest absolute Gasteiger partial charge is 0.496 e. The maximum absolute atomic E-state index is 11.3. The number of aromatic amines is 1. The summed E-state index contributed by atoms with van der Waals surface area (Å²) in [5, 5.41) is 16.7. The highest BCUT2D eigenvalue weighted by molar-refractivity contribution is 7.99. The Labute approximate surface area is 114 Å². The fourth-order valence-electron chi connectivity index (χ4n) is 1.72. The van der Waals surface area contributed by atoms with E-state index in [1.54, 1.807) is 27.1 Å². The van der Waals surface area contributed by atoms with Gasteiger partial charge in [-0.25, -0.2) is 9.89 Å². The Morgan fingerprint density at radius 1 is 1.53 bits per heavy atom. The second-order valence-electron chi connectivity index (χ2n) is 4.02. The number of methoxy groups -OCH3 is 1. The number of aliphatic hydroxyl groups excluding tert-OH is 1. The normalized spacial score (nSPS) is 12.4. The number of nitrogens with zero attached hydrogens (tertiary/aromatic N) is 2. The molecule has 0 amide bonds. The number of benzene rings is 1. The Bertz CT molecular complexity index is 633. The lowest BCUT2D eigenvalue weighted by atomic mass is 10.1. The molecule has 0 saturated carbocycles. The molecular formula is C12H15N3O3S. The van der Waals surface area contributed by atoms with Gasteiger partial charge in [0.2, 0.25) is 0 Å². The Morgan fingerprint density at radius 2 is 2.26 bits per heavy atom. The summed E-state index contributed by atoms with van der Waals surface area (Å²) < 4.78 is 6.66. The van der Waals surface area contributed by atoms with Crippen molar-refractivity contribution in [1.29, 1.82) is 0 Å². The first-order valence-corrected chi connectivity index (χ1v) is 6.50. The first kappa shape index (κ1) is 13.7. The molecule has 0 aliphatic rings. The molecule has 1 aromatic heterocycles. The second kappa shape index (κ2) is 5.50. The molecule has 0 bridgehead atoms. The van der Waals surface area contributed by atoms with E-state index in [1.165, 1.54) is 16.3 Å². The van der Waals surface area contributed by atoms with Crippen molar-refractivity contribution in [1.82, 2.24) is 14.8 Å². The molecule has 0 saturated heterocycles. The van der Waals surface area contributed by atoms with E-state index in [-0.39, 0.29) is 5.69 Å². The number of aliphatic hydroxyl groups is 1. The van der Waals surface area contributed by atoms with Crippen molar-refractivity contribution in [3.05, 3.63) is 34.2 Å². The molecule has 0 fully saturated rings. The third kappa shape index (κ3) is 2.66. The molecule has 0 aliphatic carbocycles. The van der Waals surface area contributed by atoms with Crippen molar-refractivity contribution in [2.75, 3.05) is 7.11 Å². The van der Waals surface area contributed by atoms with Crippen LogP contribution in [0.15, 0.2) is 33.0 Å². The molecule has 2 rings (SSSR count). The summed E-state index contributed by atoms with van der Waals surface area (Å²) >= 11 is 1.30. The van der Waals surface area contributed by atoms with Gasteiger partial charge in [-0.2, -0.15) is 0 Å². The van der Waals surface area contributed by atoms with Crippen LogP contribution < -0.4 is 10.4 Å². The van der Waals surface area contributed by atoms with Crippen molar-refractivity contribution in [2.45, 2.75) is 23.1 Å². The number of nitrogens with one attached hydrogen (secondary N) is 1. The van der Waals surface area contributed by atoms with Gasteiger partial charge in [-0.3, -0.25) is 4.57 Å². The minimum Gasteiger partial charge on any atom is -0.496 e. The number of ether oxygens (including phenoxy) is 1. The Kier molecular flexibility index (Phi) is 3.96. The quantitative estimate of drug-likeness (QED) is 0.883. The molecule has 19 heavy (non-hydrogen) atoms. The smallest absolute Gasteiger partial charge is 0.343 e. The standard InChI is InChI=1S/C12H15N3O3S/c1-7(16)10-8(18-3)5-4-6-9(10)19-12-14-13-11(17)15(12)2/h4-7,16H,1-3H3,(H,13,17). The molecule has 1 unspecified atom stereocenters. The van der Waals surface area contributed by atoms with Crippen LogP contribution in [0.4, 0.5) is 0 Å². The Morgan fingerprint density at radius 3 is 2.79 bits per heavy atom. The molecule has 102 valence electrons. The SMILES string of the molecule is COc1cccc(Sc2n[nH]c(=O)n2C)c1C(C)O. The summed E-state index contributed by atoms with van der Waals surface area (Å²) in [6.45, 7) is 1.67. The van der Waals surface area contributed by atoms with Crippen molar-refractivity contribution in [2.24, 2.45) is 7.05 Å². The van der Waals surface area contributed by atoms with Crippen LogP contribution in [0.2, 0.25) is 0 Å². The fourth-order valence-corrected chi connectivity index (χ4v) is 2.76. The van der Waals surface area contributed by atoms with Gasteiger partial charge in [0, 0.05) is 17.5 Å². The van der Waals surface area contributed by atoms with Gasteiger partial charge in [0.15, 0.2) is 5.16 Å². The molecule has 0 radical (unpaired) electrons. The molecule has 1 heterocycles. The van der Waals surface area contributed by atoms with Crippen LogP contribution in [0.25, 0.3) is 0 Å². The lowest BCUT2D eigenvalue weighted by molar-refractivity contribution is 0.191. The first-order chi connectivity index (χ1) is 9.04. The van der Waals surface area contributed by atoms with E-state index < -0.39 is 6.10 Å². The average molecular weight is 281 g/mol. The van der Waals surface area contributed by atoms with Crippen LogP contribution in [-0.4, -0.2) is 27.0 Å². The summed E-state index contributed by atoms with van der Waals surface area (Å²) in [6.07, 6.45) is -0.672. The topological polar surface area (TPSA) is 80.1 Å². The first-order valence-electron chi connectivity index (χ1n) is 5.68. The van der Waals surface area contributed by atoms with Gasteiger partial charge in [0.25, 0.3) is 0 Å². The fraction of sp³-hybridized carbons (Fsp3) is 0.333. The van der Waals surface area contributed by atoms with Crippen molar-refractivity contribution in [3.8, 4) is 5.75 Å². The monoisotopic (exact) mass is 281 g/mol. The van der Waals surface area contributed by atoms with Gasteiger partial charge in [0.1, 0.15) is 5.75 Å². The molecule has 2 N–H and O–H groups in total. The van der Waals surface area contributed by atoms with Crippen molar-refractivity contribution >= 4 is 11.8 Å². The molecule has 1 atom stereocenters. The number of H-pyrrole nitrogens is 1. The van der Waals surface area contributed by atoms with Crippen LogP contribution in [0.5, 0.6) is 5.75 Å². The Balaban J connectivity index is 2.45. The summed E-state index contributed by atoms with van der Waals surface area (Å²) in [4.78, 5) is 12.1. The van der Waals surface area contributed by atoms with Gasteiger partial charge in [-0.1, -0.05) is 6.07 Å². The third-order valence-corrected chi connectivity index (χ3v) is 3.83. The van der Waals surface area contributed by atoms with E-state index in [0.29, 0.717) is 16.5 Å². The van der Waals surface area contributed by atoms with Crippen LogP contribution >= 0.6 is 11.8 Å². The van der Waals surface area contributed by atoms with E-state index in [0.717, 1.165) is 4.90 Å². The third-order valence-electron chi connectivity index (χ3n) is 2.70. The molecule has 0 spiro atoms. The molecule has 6 nitrogen and oxygen atoms in total. The molecular weight excluding hydrogens is 266 g/mol. The second-order valence-corrected chi connectivity index (χ2v) is 5.03. The van der Waals surface area contributed by atoms with Crippen LogP contribution in [0, 0.1) is 0 Å². The van der Waals surface area contributed by atoms with Crippen LogP contribution in [-0.2, 0) is 7.05 Å². The van der Waals surface area contributed by atoms with Gasteiger partial charge < -0.3 is 9.84 Å². The highest BCUT2D eigenvalue weighted by Crippen LogP contribution is 2.37. The molecule has 7 heteroatoms. The highest BCUT2D eigenvalue weighted by atomic mass is 32.2. The summed E-state index contributed by atoms with van der Waals surface area (Å²) in [5.41, 5.74) is 0.412. The van der Waals surface area contributed by atoms with E-state index in [9.17, 15) is 9.90 Å². The van der Waals surface area contributed by atoms with Crippen molar-refractivity contribution < 1.29 is 9.84 Å². The lowest BCUT2D eigenvalue weighted by Gasteiger charge is -2.15. The highest BCUT2D eigenvalue weighted by Gasteiger charge is 2.17. The van der Waals surface area contributed by atoms with Gasteiger partial charge in [-0.05, 0) is 30.8 Å². The van der Waals surface area contributed by atoms with E-state index in [2.05, 4.69) is 10.2 Å². The maximum atomic E-state index is 11.3. The van der Waals surface area contributed by atoms with Gasteiger partial charge in [0.05, 0.1) is 13.2 Å². The van der Waals surface area contributed by atoms with Gasteiger partial charge >= 0.3 is 5.69 Å². The summed E-state index contributed by atoms with van der Waals surface area (Å²) in [7, 11) is 3.19. The van der Waals surface area contributed by atoms with Gasteiger partial charge in [-0.15, -0.1) is 5.10 Å². The minimum atomic E-state index is -0.672. The summed E-state index contributed by atoms with van der Waals surface area (Å²) in [5.74, 6) is 0.612. The molecule has 0 aliphatic heterocycles. The van der Waals surface area contributed by atoms with Crippen molar-refractivity contribution in [3.63, 3.8) is 0 Å². The van der Waals surface area contributed by atoms with Crippen LogP contribution in [0.3, 0.4) is 0 Å². The maximum Gasteiger partial charge on any atom is 0.343 e. The number of aromatic nitrogens is 3. The van der Waals surface area contributed by atoms with Crippen LogP contribution in [0.1, 0.15) is 18.6 Å². The zero-order valence-electron chi connectivity index (χ0n) is 10.9. The number of rotatable bonds is 4. The predicted molar refractivity (Wildman–Crippen MR) is 71.6 cm³/mol. The Hall–Kier alpha value is -1.73. The average Bonchev–Trinajstić information content (AvgIpc) is 2.70. The minimum absolute atomic E-state index is 0.274. The van der Waals surface area contributed by atoms with E-state index in [4.69, 9.17) is 4.74 Å². The molecule has 2 aromatic rings. The number of hydrogen-bond acceptors (Lipinski definition) is 5. The van der Waals surface area contributed by atoms with E-state index >= 15 is 0 Å². The zero-order chi connectivity index (χ0) is 14.0. The lowest BCUT2D eigenvalue weighted by Crippen LogP contribution is -2.12.